The summed E-state index contributed by atoms with van der Waals surface area (Å²) in [5.74, 6) is 1.13. The number of pyridine rings is 1. The standard InChI is InChI=1S/C15H13ClN2O3/c1-9(10-2-3-13-14(6-10)21-8-20-13)18-15(19)12-7-11(16)4-5-17-12/h2-7,9H,8H2,1H3,(H,18,19). The number of carbonyl (C=O) groups excluding carboxylic acids is 1. The molecule has 0 fully saturated rings. The van der Waals surface area contributed by atoms with E-state index in [2.05, 4.69) is 10.3 Å². The molecule has 1 amide bonds. The highest BCUT2D eigenvalue weighted by Crippen LogP contribution is 2.34. The number of hydrogen-bond donors (Lipinski definition) is 1. The Morgan fingerprint density at radius 3 is 2.90 bits per heavy atom. The van der Waals surface area contributed by atoms with Crippen molar-refractivity contribution in [1.82, 2.24) is 10.3 Å². The van der Waals surface area contributed by atoms with E-state index < -0.39 is 0 Å². The summed E-state index contributed by atoms with van der Waals surface area (Å²) in [6, 6.07) is 8.55. The van der Waals surface area contributed by atoms with Crippen molar-refractivity contribution < 1.29 is 14.3 Å². The largest absolute Gasteiger partial charge is 0.454 e. The number of ether oxygens (including phenoxy) is 2. The van der Waals surface area contributed by atoms with Crippen LogP contribution in [0.4, 0.5) is 0 Å². The minimum Gasteiger partial charge on any atom is -0.454 e. The molecular formula is C15H13ClN2O3. The molecule has 21 heavy (non-hydrogen) atoms. The lowest BCUT2D eigenvalue weighted by Gasteiger charge is -2.14. The highest BCUT2D eigenvalue weighted by Gasteiger charge is 2.17. The third kappa shape index (κ3) is 2.92. The number of nitrogens with zero attached hydrogens (tertiary/aromatic N) is 1. The van der Waals surface area contributed by atoms with E-state index in [0.717, 1.165) is 5.56 Å². The van der Waals surface area contributed by atoms with Crippen LogP contribution in [0.15, 0.2) is 36.5 Å². The SMILES string of the molecule is CC(NC(=O)c1cc(Cl)ccn1)c1ccc2c(c1)OCO2. The number of hydrogen-bond acceptors (Lipinski definition) is 4. The van der Waals surface area contributed by atoms with Crippen LogP contribution in [0, 0.1) is 0 Å². The van der Waals surface area contributed by atoms with Gasteiger partial charge in [-0.1, -0.05) is 17.7 Å². The summed E-state index contributed by atoms with van der Waals surface area (Å²) in [5, 5.41) is 3.35. The summed E-state index contributed by atoms with van der Waals surface area (Å²) < 4.78 is 10.6. The zero-order valence-electron chi connectivity index (χ0n) is 11.3. The van der Waals surface area contributed by atoms with E-state index in [1.54, 1.807) is 6.07 Å². The van der Waals surface area contributed by atoms with E-state index >= 15 is 0 Å². The minimum atomic E-state index is -0.275. The Morgan fingerprint density at radius 1 is 1.29 bits per heavy atom. The van der Waals surface area contributed by atoms with Crippen molar-refractivity contribution in [2.75, 3.05) is 6.79 Å². The summed E-state index contributed by atoms with van der Waals surface area (Å²) in [6.07, 6.45) is 1.50. The summed E-state index contributed by atoms with van der Waals surface area (Å²) in [5.41, 5.74) is 1.21. The van der Waals surface area contributed by atoms with Crippen molar-refractivity contribution in [2.45, 2.75) is 13.0 Å². The van der Waals surface area contributed by atoms with Crippen molar-refractivity contribution in [1.29, 1.82) is 0 Å². The summed E-state index contributed by atoms with van der Waals surface area (Å²) in [7, 11) is 0. The Balaban J connectivity index is 1.74. The minimum absolute atomic E-state index is 0.187. The van der Waals surface area contributed by atoms with Crippen LogP contribution in [0.3, 0.4) is 0 Å². The highest BCUT2D eigenvalue weighted by atomic mass is 35.5. The van der Waals surface area contributed by atoms with Crippen LogP contribution < -0.4 is 14.8 Å². The van der Waals surface area contributed by atoms with Crippen LogP contribution in [0.5, 0.6) is 11.5 Å². The first-order valence-corrected chi connectivity index (χ1v) is 6.83. The van der Waals surface area contributed by atoms with Crippen molar-refractivity contribution in [3.8, 4) is 11.5 Å². The first-order valence-electron chi connectivity index (χ1n) is 6.45. The van der Waals surface area contributed by atoms with Crippen molar-refractivity contribution >= 4 is 17.5 Å². The summed E-state index contributed by atoms with van der Waals surface area (Å²) in [4.78, 5) is 16.1. The topological polar surface area (TPSA) is 60.5 Å². The molecule has 3 rings (SSSR count). The Bertz CT molecular complexity index is 690. The molecule has 0 saturated carbocycles. The molecule has 0 spiro atoms. The maximum Gasteiger partial charge on any atom is 0.270 e. The fraction of sp³-hybridized carbons (Fsp3) is 0.200. The van der Waals surface area contributed by atoms with Gasteiger partial charge in [-0.2, -0.15) is 0 Å². The molecule has 0 radical (unpaired) electrons. The Hall–Kier alpha value is -2.27. The monoisotopic (exact) mass is 304 g/mol. The van der Waals surface area contributed by atoms with Gasteiger partial charge in [0.1, 0.15) is 5.69 Å². The second kappa shape index (κ2) is 5.61. The predicted molar refractivity (Wildman–Crippen MR) is 77.7 cm³/mol. The molecular weight excluding hydrogens is 292 g/mol. The van der Waals surface area contributed by atoms with E-state index in [9.17, 15) is 4.79 Å². The molecule has 1 aliphatic rings. The van der Waals surface area contributed by atoms with Gasteiger partial charge >= 0.3 is 0 Å². The average Bonchev–Trinajstić information content (AvgIpc) is 2.94. The maximum atomic E-state index is 12.1. The van der Waals surface area contributed by atoms with Crippen LogP contribution in [0.2, 0.25) is 5.02 Å². The number of carbonyl (C=O) groups is 1. The second-order valence-electron chi connectivity index (χ2n) is 4.67. The fourth-order valence-corrected chi connectivity index (χ4v) is 2.23. The van der Waals surface area contributed by atoms with Gasteiger partial charge in [-0.05, 0) is 36.8 Å². The van der Waals surface area contributed by atoms with Crippen molar-refractivity contribution in [3.05, 3.63) is 52.8 Å². The fourth-order valence-electron chi connectivity index (χ4n) is 2.07. The highest BCUT2D eigenvalue weighted by molar-refractivity contribution is 6.30. The number of amides is 1. The summed E-state index contributed by atoms with van der Waals surface area (Å²) in [6.45, 7) is 2.12. The molecule has 108 valence electrons. The molecule has 1 unspecified atom stereocenters. The van der Waals surface area contributed by atoms with Crippen LogP contribution >= 0.6 is 11.6 Å². The van der Waals surface area contributed by atoms with E-state index in [1.165, 1.54) is 12.3 Å². The van der Waals surface area contributed by atoms with Gasteiger partial charge in [-0.25, -0.2) is 0 Å². The molecule has 0 bridgehead atoms. The molecule has 1 aliphatic heterocycles. The molecule has 6 heteroatoms. The van der Waals surface area contributed by atoms with Gasteiger partial charge in [-0.3, -0.25) is 9.78 Å². The van der Waals surface area contributed by atoms with Gasteiger partial charge in [0.15, 0.2) is 11.5 Å². The average molecular weight is 305 g/mol. The maximum absolute atomic E-state index is 12.1. The lowest BCUT2D eigenvalue weighted by molar-refractivity contribution is 0.0934. The van der Waals surface area contributed by atoms with E-state index in [0.29, 0.717) is 16.5 Å². The Kier molecular flexibility index (Phi) is 3.66. The number of rotatable bonds is 3. The number of halogens is 1. The molecule has 0 aliphatic carbocycles. The third-order valence-electron chi connectivity index (χ3n) is 3.20. The lowest BCUT2D eigenvalue weighted by atomic mass is 10.1. The van der Waals surface area contributed by atoms with Gasteiger partial charge in [-0.15, -0.1) is 0 Å². The Labute approximate surface area is 126 Å². The van der Waals surface area contributed by atoms with Gasteiger partial charge < -0.3 is 14.8 Å². The Morgan fingerprint density at radius 2 is 2.10 bits per heavy atom. The molecule has 1 aromatic heterocycles. The van der Waals surface area contributed by atoms with Crippen molar-refractivity contribution in [3.63, 3.8) is 0 Å². The van der Waals surface area contributed by atoms with Gasteiger partial charge in [0.25, 0.3) is 5.91 Å². The lowest BCUT2D eigenvalue weighted by Crippen LogP contribution is -2.27. The number of benzene rings is 1. The molecule has 2 aromatic rings. The molecule has 5 nitrogen and oxygen atoms in total. The van der Waals surface area contributed by atoms with Gasteiger partial charge in [0.2, 0.25) is 6.79 Å². The van der Waals surface area contributed by atoms with E-state index in [4.69, 9.17) is 21.1 Å². The number of nitrogens with one attached hydrogen (secondary N) is 1. The first-order chi connectivity index (χ1) is 10.1. The van der Waals surface area contributed by atoms with Crippen LogP contribution in [-0.2, 0) is 0 Å². The molecule has 1 N–H and O–H groups in total. The van der Waals surface area contributed by atoms with Crippen LogP contribution in [0.25, 0.3) is 0 Å². The molecule has 2 heterocycles. The quantitative estimate of drug-likeness (QED) is 0.947. The van der Waals surface area contributed by atoms with Crippen molar-refractivity contribution in [2.24, 2.45) is 0 Å². The zero-order chi connectivity index (χ0) is 14.8. The van der Waals surface area contributed by atoms with Gasteiger partial charge in [0, 0.05) is 11.2 Å². The van der Waals surface area contributed by atoms with Gasteiger partial charge in [0.05, 0.1) is 6.04 Å². The number of aromatic nitrogens is 1. The molecule has 1 aromatic carbocycles. The predicted octanol–water partition coefficient (Wildman–Crippen LogP) is 2.95. The smallest absolute Gasteiger partial charge is 0.270 e. The summed E-state index contributed by atoms with van der Waals surface area (Å²) >= 11 is 5.86. The van der Waals surface area contributed by atoms with Crippen LogP contribution in [-0.4, -0.2) is 17.7 Å². The normalized spacial score (nSPS) is 13.8. The molecule has 0 saturated heterocycles. The molecule has 1 atom stereocenters. The second-order valence-corrected chi connectivity index (χ2v) is 5.10. The van der Waals surface area contributed by atoms with E-state index in [-0.39, 0.29) is 24.4 Å². The zero-order valence-corrected chi connectivity index (χ0v) is 12.1. The van der Waals surface area contributed by atoms with Crippen LogP contribution in [0.1, 0.15) is 29.0 Å². The third-order valence-corrected chi connectivity index (χ3v) is 3.43. The van der Waals surface area contributed by atoms with E-state index in [1.807, 2.05) is 25.1 Å². The first kappa shape index (κ1) is 13.7. The number of fused-ring (bicyclic) bond motifs is 1.